The molecule has 2 aliphatic heterocycles. The Balaban J connectivity index is 0.00000363. The van der Waals surface area contributed by atoms with Crippen molar-refractivity contribution in [2.24, 2.45) is 22.6 Å². The Labute approximate surface area is 210 Å². The van der Waals surface area contributed by atoms with Crippen molar-refractivity contribution in [3.63, 3.8) is 0 Å². The first-order valence-electron chi connectivity index (χ1n) is 12.3. The summed E-state index contributed by atoms with van der Waals surface area (Å²) in [6.07, 6.45) is 10.8. The fourth-order valence-electron chi connectivity index (χ4n) is 5.18. The third-order valence-electron chi connectivity index (χ3n) is 7.20. The minimum absolute atomic E-state index is 0. The van der Waals surface area contributed by atoms with Crippen molar-refractivity contribution in [1.82, 2.24) is 20.4 Å². The van der Waals surface area contributed by atoms with Gasteiger partial charge in [0.25, 0.3) is 0 Å². The maximum Gasteiger partial charge on any atom is 0.225 e. The molecule has 1 aliphatic carbocycles. The van der Waals surface area contributed by atoms with Crippen LogP contribution in [-0.2, 0) is 9.59 Å². The van der Waals surface area contributed by atoms with Crippen molar-refractivity contribution in [2.45, 2.75) is 70.3 Å². The van der Waals surface area contributed by atoms with Gasteiger partial charge in [-0.25, -0.2) is 0 Å². The van der Waals surface area contributed by atoms with Gasteiger partial charge < -0.3 is 26.2 Å². The lowest BCUT2D eigenvalue weighted by Crippen LogP contribution is -2.45. The number of piperidine rings is 1. The van der Waals surface area contributed by atoms with Gasteiger partial charge in [-0.15, -0.1) is 24.0 Å². The van der Waals surface area contributed by atoms with Gasteiger partial charge in [0.1, 0.15) is 0 Å². The van der Waals surface area contributed by atoms with Crippen molar-refractivity contribution in [1.29, 1.82) is 0 Å². The molecule has 2 saturated heterocycles. The van der Waals surface area contributed by atoms with Crippen LogP contribution >= 0.6 is 24.0 Å². The zero-order chi connectivity index (χ0) is 22.1. The number of carbonyl (C=O) groups excluding carboxylic acids is 2. The standard InChI is InChI=1S/C23H42N6O2.HI/c1-25-23(26-12-5-6-13-28-14-9-18(10-15-28)21(24)30)27-20-11-16-29(17-20)22(31)19-7-3-2-4-8-19;/h18-20H,2-17H2,1H3,(H2,24,30)(H2,25,26,27);1H. The van der Waals surface area contributed by atoms with Crippen LogP contribution in [0.1, 0.15) is 64.2 Å². The molecule has 0 aromatic heterocycles. The number of aliphatic imine (C=N–C) groups is 1. The molecular formula is C23H43IN6O2. The molecule has 1 unspecified atom stereocenters. The quantitative estimate of drug-likeness (QED) is 0.182. The zero-order valence-electron chi connectivity index (χ0n) is 19.7. The second-order valence-electron chi connectivity index (χ2n) is 9.47. The molecule has 3 rings (SSSR count). The van der Waals surface area contributed by atoms with E-state index in [9.17, 15) is 9.59 Å². The number of amides is 2. The summed E-state index contributed by atoms with van der Waals surface area (Å²) in [7, 11) is 1.80. The molecule has 0 bridgehead atoms. The van der Waals surface area contributed by atoms with E-state index in [4.69, 9.17) is 5.73 Å². The molecule has 0 aromatic rings. The lowest BCUT2D eigenvalue weighted by Gasteiger charge is -2.30. The first-order valence-corrected chi connectivity index (χ1v) is 12.3. The average Bonchev–Trinajstić information content (AvgIpc) is 3.27. The first kappa shape index (κ1) is 27.1. The summed E-state index contributed by atoms with van der Waals surface area (Å²) in [5, 5.41) is 6.92. The number of nitrogens with two attached hydrogens (primary N) is 1. The van der Waals surface area contributed by atoms with E-state index in [1.165, 1.54) is 19.3 Å². The van der Waals surface area contributed by atoms with Crippen LogP contribution < -0.4 is 16.4 Å². The summed E-state index contributed by atoms with van der Waals surface area (Å²) in [4.78, 5) is 32.9. The van der Waals surface area contributed by atoms with Gasteiger partial charge in [0, 0.05) is 44.6 Å². The largest absolute Gasteiger partial charge is 0.369 e. The Morgan fingerprint density at radius 2 is 1.69 bits per heavy atom. The number of nitrogens with zero attached hydrogens (tertiary/aromatic N) is 3. The van der Waals surface area contributed by atoms with E-state index >= 15 is 0 Å². The fraction of sp³-hybridized carbons (Fsp3) is 0.870. The van der Waals surface area contributed by atoms with Crippen molar-refractivity contribution >= 4 is 41.8 Å². The number of likely N-dealkylation sites (tertiary alicyclic amines) is 2. The Hall–Kier alpha value is -1.10. The van der Waals surface area contributed by atoms with Crippen molar-refractivity contribution in [3.8, 4) is 0 Å². The fourth-order valence-corrected chi connectivity index (χ4v) is 5.18. The van der Waals surface area contributed by atoms with Gasteiger partial charge in [0.15, 0.2) is 5.96 Å². The maximum absolute atomic E-state index is 12.8. The lowest BCUT2D eigenvalue weighted by atomic mass is 9.88. The summed E-state index contributed by atoms with van der Waals surface area (Å²) in [6, 6.07) is 0.283. The van der Waals surface area contributed by atoms with Gasteiger partial charge in [-0.05, 0) is 64.6 Å². The SMILES string of the molecule is CN=C(NCCCCN1CCC(C(N)=O)CC1)NC1CCN(C(=O)C2CCCCC2)C1.I. The molecule has 0 aromatic carbocycles. The van der Waals surface area contributed by atoms with Crippen LogP contribution in [0.25, 0.3) is 0 Å². The molecule has 9 heteroatoms. The molecule has 4 N–H and O–H groups in total. The minimum atomic E-state index is -0.147. The van der Waals surface area contributed by atoms with Gasteiger partial charge in [-0.1, -0.05) is 19.3 Å². The number of hydrogen-bond donors (Lipinski definition) is 3. The van der Waals surface area contributed by atoms with Crippen molar-refractivity contribution in [3.05, 3.63) is 0 Å². The first-order chi connectivity index (χ1) is 15.1. The summed E-state index contributed by atoms with van der Waals surface area (Å²) < 4.78 is 0. The van der Waals surface area contributed by atoms with Gasteiger partial charge >= 0.3 is 0 Å². The van der Waals surface area contributed by atoms with E-state index in [2.05, 4.69) is 25.4 Å². The molecule has 8 nitrogen and oxygen atoms in total. The molecule has 1 saturated carbocycles. The molecule has 1 atom stereocenters. The maximum atomic E-state index is 12.8. The number of primary amides is 1. The predicted octanol–water partition coefficient (Wildman–Crippen LogP) is 1.93. The Morgan fingerprint density at radius 3 is 2.34 bits per heavy atom. The molecule has 2 heterocycles. The number of guanidine groups is 1. The Morgan fingerprint density at radius 1 is 0.969 bits per heavy atom. The highest BCUT2D eigenvalue weighted by atomic mass is 127. The molecular weight excluding hydrogens is 519 g/mol. The number of unbranched alkanes of at least 4 members (excludes halogenated alkanes) is 1. The van der Waals surface area contributed by atoms with E-state index in [0.29, 0.717) is 5.91 Å². The summed E-state index contributed by atoms with van der Waals surface area (Å²) in [5.41, 5.74) is 5.41. The summed E-state index contributed by atoms with van der Waals surface area (Å²) >= 11 is 0. The minimum Gasteiger partial charge on any atom is -0.369 e. The van der Waals surface area contributed by atoms with Crippen LogP contribution in [-0.4, -0.2) is 79.9 Å². The van der Waals surface area contributed by atoms with Crippen LogP contribution in [0.4, 0.5) is 0 Å². The van der Waals surface area contributed by atoms with Gasteiger partial charge in [-0.2, -0.15) is 0 Å². The third-order valence-corrected chi connectivity index (χ3v) is 7.20. The van der Waals surface area contributed by atoms with Crippen LogP contribution in [0, 0.1) is 11.8 Å². The van der Waals surface area contributed by atoms with E-state index in [0.717, 1.165) is 90.2 Å². The third kappa shape index (κ3) is 8.35. The number of halogens is 1. The van der Waals surface area contributed by atoms with Crippen LogP contribution in [0.3, 0.4) is 0 Å². The molecule has 2 amide bonds. The average molecular weight is 563 g/mol. The lowest BCUT2D eigenvalue weighted by molar-refractivity contribution is -0.135. The summed E-state index contributed by atoms with van der Waals surface area (Å²) in [5.74, 6) is 1.38. The predicted molar refractivity (Wildman–Crippen MR) is 139 cm³/mol. The zero-order valence-corrected chi connectivity index (χ0v) is 22.0. The number of hydrogen-bond acceptors (Lipinski definition) is 4. The van der Waals surface area contributed by atoms with Crippen molar-refractivity contribution in [2.75, 3.05) is 46.3 Å². The van der Waals surface area contributed by atoms with Gasteiger partial charge in [0.2, 0.25) is 11.8 Å². The topological polar surface area (TPSA) is 103 Å². The van der Waals surface area contributed by atoms with E-state index in [1.54, 1.807) is 7.05 Å². The van der Waals surface area contributed by atoms with Crippen molar-refractivity contribution < 1.29 is 9.59 Å². The molecule has 0 radical (unpaired) electrons. The number of carbonyl (C=O) groups is 2. The number of rotatable bonds is 8. The van der Waals surface area contributed by atoms with Gasteiger partial charge in [0.05, 0.1) is 0 Å². The highest BCUT2D eigenvalue weighted by molar-refractivity contribution is 14.0. The highest BCUT2D eigenvalue weighted by Crippen LogP contribution is 2.26. The second-order valence-corrected chi connectivity index (χ2v) is 9.47. The molecule has 0 spiro atoms. The molecule has 3 aliphatic rings. The number of nitrogens with one attached hydrogen (secondary N) is 2. The molecule has 32 heavy (non-hydrogen) atoms. The van der Waals surface area contributed by atoms with Gasteiger partial charge in [-0.3, -0.25) is 14.6 Å². The monoisotopic (exact) mass is 562 g/mol. The van der Waals surface area contributed by atoms with E-state index in [1.807, 2.05) is 0 Å². The highest BCUT2D eigenvalue weighted by Gasteiger charge is 2.31. The van der Waals surface area contributed by atoms with Crippen LogP contribution in [0.5, 0.6) is 0 Å². The Kier molecular flexibility index (Phi) is 12.1. The summed E-state index contributed by atoms with van der Waals surface area (Å²) in [6.45, 7) is 5.55. The smallest absolute Gasteiger partial charge is 0.225 e. The van der Waals surface area contributed by atoms with E-state index < -0.39 is 0 Å². The molecule has 184 valence electrons. The second kappa shape index (κ2) is 14.2. The normalized spacial score (nSPS) is 23.6. The van der Waals surface area contributed by atoms with Crippen LogP contribution in [0.2, 0.25) is 0 Å². The van der Waals surface area contributed by atoms with E-state index in [-0.39, 0.29) is 47.8 Å². The molecule has 3 fully saturated rings. The Bertz CT molecular complexity index is 618. The van der Waals surface area contributed by atoms with Crippen LogP contribution in [0.15, 0.2) is 4.99 Å².